The molecule has 0 heterocycles. The molecule has 0 aromatic heterocycles. The molecule has 1 N–H and O–H groups in total. The number of nitrogens with one attached hydrogen (secondary N) is 1. The van der Waals surface area contributed by atoms with Crippen LogP contribution in [0.15, 0.2) is 36.4 Å². The predicted molar refractivity (Wildman–Crippen MR) is 110 cm³/mol. The number of hydrogen-bond acceptors (Lipinski definition) is 5. The summed E-state index contributed by atoms with van der Waals surface area (Å²) in [5.74, 6) is -1.34. The minimum Gasteiger partial charge on any atom is -0.465 e. The van der Waals surface area contributed by atoms with Gasteiger partial charge >= 0.3 is 5.97 Å². The third-order valence-electron chi connectivity index (χ3n) is 3.54. The van der Waals surface area contributed by atoms with E-state index in [1.165, 1.54) is 43.5 Å². The number of carbonyl (C=O) groups is 2. The quantitative estimate of drug-likeness (QED) is 0.654. The van der Waals surface area contributed by atoms with E-state index in [1.807, 2.05) is 0 Å². The lowest BCUT2D eigenvalue weighted by atomic mass is 10.2. The van der Waals surface area contributed by atoms with Crippen molar-refractivity contribution >= 4 is 68.1 Å². The van der Waals surface area contributed by atoms with Gasteiger partial charge in [0.05, 0.1) is 39.7 Å². The first-order valence-electron chi connectivity index (χ1n) is 7.64. The Morgan fingerprint density at radius 2 is 1.79 bits per heavy atom. The highest BCUT2D eigenvalue weighted by Gasteiger charge is 2.24. The van der Waals surface area contributed by atoms with Gasteiger partial charge < -0.3 is 10.1 Å². The average Bonchev–Trinajstić information content (AvgIpc) is 2.62. The van der Waals surface area contributed by atoms with Crippen LogP contribution in [0.2, 0.25) is 15.1 Å². The number of nitrogens with zero attached hydrogens (tertiary/aromatic N) is 1. The molecule has 28 heavy (non-hydrogen) atoms. The van der Waals surface area contributed by atoms with Crippen LogP contribution in [0, 0.1) is 0 Å². The summed E-state index contributed by atoms with van der Waals surface area (Å²) in [5, 5.41) is 2.80. The summed E-state index contributed by atoms with van der Waals surface area (Å²) in [6, 6.07) is 8.64. The number of ether oxygens (including phenoxy) is 1. The maximum atomic E-state index is 12.4. The van der Waals surface area contributed by atoms with Gasteiger partial charge in [0.1, 0.15) is 6.54 Å². The lowest BCUT2D eigenvalue weighted by molar-refractivity contribution is -0.114. The predicted octanol–water partition coefficient (Wildman–Crippen LogP) is 3.84. The van der Waals surface area contributed by atoms with Gasteiger partial charge in [-0.05, 0) is 30.3 Å². The van der Waals surface area contributed by atoms with E-state index in [-0.39, 0.29) is 32.0 Å². The van der Waals surface area contributed by atoms with Gasteiger partial charge in [0.25, 0.3) is 0 Å². The van der Waals surface area contributed by atoms with E-state index >= 15 is 0 Å². The highest BCUT2D eigenvalue weighted by atomic mass is 35.5. The van der Waals surface area contributed by atoms with Crippen LogP contribution in [-0.4, -0.2) is 40.2 Å². The fourth-order valence-corrected chi connectivity index (χ4v) is 3.77. The molecule has 7 nitrogen and oxygen atoms in total. The Labute approximate surface area is 177 Å². The van der Waals surface area contributed by atoms with E-state index in [0.717, 1.165) is 10.6 Å². The van der Waals surface area contributed by atoms with Crippen LogP contribution in [0.4, 0.5) is 11.4 Å². The van der Waals surface area contributed by atoms with Gasteiger partial charge in [-0.25, -0.2) is 13.2 Å². The van der Waals surface area contributed by atoms with E-state index < -0.39 is 28.4 Å². The number of carbonyl (C=O) groups excluding carboxylic acids is 2. The van der Waals surface area contributed by atoms with Gasteiger partial charge in [-0.3, -0.25) is 9.10 Å². The van der Waals surface area contributed by atoms with Crippen LogP contribution >= 0.6 is 34.8 Å². The smallest absolute Gasteiger partial charge is 0.339 e. The van der Waals surface area contributed by atoms with Crippen molar-refractivity contribution in [2.75, 3.05) is 29.5 Å². The van der Waals surface area contributed by atoms with E-state index in [4.69, 9.17) is 34.8 Å². The topological polar surface area (TPSA) is 92.8 Å². The molecule has 11 heteroatoms. The van der Waals surface area contributed by atoms with Gasteiger partial charge in [-0.2, -0.15) is 0 Å². The van der Waals surface area contributed by atoms with E-state index in [2.05, 4.69) is 10.1 Å². The molecule has 0 unspecified atom stereocenters. The van der Waals surface area contributed by atoms with Crippen LogP contribution < -0.4 is 9.62 Å². The number of esters is 1. The third kappa shape index (κ3) is 5.29. The van der Waals surface area contributed by atoms with Gasteiger partial charge in [0.15, 0.2) is 0 Å². The van der Waals surface area contributed by atoms with Crippen molar-refractivity contribution in [2.24, 2.45) is 0 Å². The zero-order valence-corrected chi connectivity index (χ0v) is 17.8. The summed E-state index contributed by atoms with van der Waals surface area (Å²) < 4.78 is 29.8. The monoisotopic (exact) mass is 464 g/mol. The number of halogens is 3. The molecule has 0 bridgehead atoms. The molecule has 0 radical (unpaired) electrons. The fraction of sp³-hybridized carbons (Fsp3) is 0.176. The normalized spacial score (nSPS) is 11.0. The van der Waals surface area contributed by atoms with Gasteiger partial charge in [0, 0.05) is 5.69 Å². The van der Waals surface area contributed by atoms with Crippen molar-refractivity contribution in [3.63, 3.8) is 0 Å². The summed E-state index contributed by atoms with van der Waals surface area (Å²) in [4.78, 5) is 24.1. The van der Waals surface area contributed by atoms with Crippen molar-refractivity contribution < 1.29 is 22.7 Å². The SMILES string of the molecule is COC(=O)c1cc(NC(=O)CN(c2cccc(Cl)c2Cl)S(C)(=O)=O)ccc1Cl. The van der Waals surface area contributed by atoms with Gasteiger partial charge in [-0.1, -0.05) is 40.9 Å². The van der Waals surface area contributed by atoms with Gasteiger partial charge in [-0.15, -0.1) is 0 Å². The fourth-order valence-electron chi connectivity index (χ4n) is 2.27. The molecule has 0 aliphatic carbocycles. The number of rotatable bonds is 6. The summed E-state index contributed by atoms with van der Waals surface area (Å²) in [7, 11) is -2.65. The maximum Gasteiger partial charge on any atom is 0.339 e. The first-order chi connectivity index (χ1) is 13.0. The second-order valence-corrected chi connectivity index (χ2v) is 8.68. The minimum absolute atomic E-state index is 0.00172. The van der Waals surface area contributed by atoms with E-state index in [0.29, 0.717) is 0 Å². The molecule has 150 valence electrons. The van der Waals surface area contributed by atoms with Crippen LogP contribution in [0.1, 0.15) is 10.4 Å². The first-order valence-corrected chi connectivity index (χ1v) is 10.6. The van der Waals surface area contributed by atoms with Crippen LogP contribution in [0.5, 0.6) is 0 Å². The second-order valence-electron chi connectivity index (χ2n) is 5.58. The Bertz CT molecular complexity index is 1030. The molecule has 2 rings (SSSR count). The molecule has 0 fully saturated rings. The lowest BCUT2D eigenvalue weighted by Gasteiger charge is -2.23. The zero-order chi connectivity index (χ0) is 21.1. The lowest BCUT2D eigenvalue weighted by Crippen LogP contribution is -2.37. The number of amides is 1. The Morgan fingerprint density at radius 3 is 2.39 bits per heavy atom. The minimum atomic E-state index is -3.84. The molecule has 2 aromatic carbocycles. The molecule has 0 aliphatic rings. The Morgan fingerprint density at radius 1 is 1.11 bits per heavy atom. The highest BCUT2D eigenvalue weighted by Crippen LogP contribution is 2.33. The molecular formula is C17H15Cl3N2O5S. The molecule has 0 atom stereocenters. The molecule has 0 aliphatic heterocycles. The summed E-state index contributed by atoms with van der Waals surface area (Å²) in [5.41, 5.74) is 0.360. The van der Waals surface area contributed by atoms with Gasteiger partial charge in [0.2, 0.25) is 15.9 Å². The molecule has 0 saturated heterocycles. The van der Waals surface area contributed by atoms with Crippen molar-refractivity contribution in [3.8, 4) is 0 Å². The standard InChI is InChI=1S/C17H15Cl3N2O5S/c1-27-17(24)11-8-10(6-7-12(11)18)21-15(23)9-22(28(2,25)26)14-5-3-4-13(19)16(14)20/h3-8H,9H2,1-2H3,(H,21,23). The van der Waals surface area contributed by atoms with Crippen molar-refractivity contribution in [1.29, 1.82) is 0 Å². The third-order valence-corrected chi connectivity index (χ3v) is 5.81. The Hall–Kier alpha value is -2.00. The van der Waals surface area contributed by atoms with Crippen LogP contribution in [0.25, 0.3) is 0 Å². The Kier molecular flexibility index (Phi) is 7.16. The molecular weight excluding hydrogens is 451 g/mol. The molecule has 2 aromatic rings. The number of hydrogen-bond donors (Lipinski definition) is 1. The second kappa shape index (κ2) is 9.00. The molecule has 1 amide bonds. The Balaban J connectivity index is 2.29. The van der Waals surface area contributed by atoms with Crippen LogP contribution in [-0.2, 0) is 19.6 Å². The molecule has 0 spiro atoms. The maximum absolute atomic E-state index is 12.4. The van der Waals surface area contributed by atoms with Crippen molar-refractivity contribution in [3.05, 3.63) is 57.0 Å². The summed E-state index contributed by atoms with van der Waals surface area (Å²) in [6.45, 7) is -0.560. The van der Waals surface area contributed by atoms with E-state index in [9.17, 15) is 18.0 Å². The van der Waals surface area contributed by atoms with Crippen molar-refractivity contribution in [1.82, 2.24) is 0 Å². The number of anilines is 2. The first kappa shape index (κ1) is 22.3. The number of sulfonamides is 1. The van der Waals surface area contributed by atoms with Crippen molar-refractivity contribution in [2.45, 2.75) is 0 Å². The van der Waals surface area contributed by atoms with E-state index in [1.54, 1.807) is 0 Å². The average molecular weight is 466 g/mol. The summed E-state index contributed by atoms with van der Waals surface area (Å²) >= 11 is 18.0. The summed E-state index contributed by atoms with van der Waals surface area (Å²) in [6.07, 6.45) is 0.940. The van der Waals surface area contributed by atoms with Crippen LogP contribution in [0.3, 0.4) is 0 Å². The number of methoxy groups -OCH3 is 1. The zero-order valence-electron chi connectivity index (χ0n) is 14.7. The highest BCUT2D eigenvalue weighted by molar-refractivity contribution is 7.92. The molecule has 0 saturated carbocycles. The number of benzene rings is 2. The largest absolute Gasteiger partial charge is 0.465 e.